The number of phenolic OH excluding ortho intramolecular Hbond substituents is 1. The first-order valence-electron chi connectivity index (χ1n) is 10.4. The molecule has 0 fully saturated rings. The van der Waals surface area contributed by atoms with Gasteiger partial charge in [-0.2, -0.15) is 0 Å². The number of carbonyl (C=O) groups is 1. The average molecular weight is 401 g/mol. The van der Waals surface area contributed by atoms with Crippen LogP contribution < -0.4 is 0 Å². The van der Waals surface area contributed by atoms with Crippen LogP contribution in [0.25, 0.3) is 5.83 Å². The van der Waals surface area contributed by atoms with Crippen molar-refractivity contribution in [3.8, 4) is 5.75 Å². The van der Waals surface area contributed by atoms with Gasteiger partial charge >= 0.3 is 5.97 Å². The van der Waals surface area contributed by atoms with Gasteiger partial charge < -0.3 is 9.84 Å². The Kier molecular flexibility index (Phi) is 7.45. The quantitative estimate of drug-likeness (QED) is 0.301. The zero-order valence-electron chi connectivity index (χ0n) is 18.3. The summed E-state index contributed by atoms with van der Waals surface area (Å²) < 4.78 is 20.4. The summed E-state index contributed by atoms with van der Waals surface area (Å²) in [5.41, 5.74) is 3.63. The fourth-order valence-electron chi connectivity index (χ4n) is 4.05. The third-order valence-electron chi connectivity index (χ3n) is 5.74. The van der Waals surface area contributed by atoms with Crippen molar-refractivity contribution < 1.29 is 19.0 Å². The normalized spacial score (nSPS) is 17.0. The lowest BCUT2D eigenvalue weighted by Gasteiger charge is -2.36. The number of phenols is 1. The van der Waals surface area contributed by atoms with Crippen molar-refractivity contribution in [2.75, 3.05) is 6.61 Å². The molecule has 0 heterocycles. The smallest absolute Gasteiger partial charge is 0.338 e. The van der Waals surface area contributed by atoms with Crippen LogP contribution in [-0.4, -0.2) is 17.7 Å². The average Bonchev–Trinajstić information content (AvgIpc) is 2.66. The SMILES string of the molecule is C=C(C1=C(C)CCCC1(C)C)/C(C)=C(\F)c1ccc(C(=O)OCCCC)cc1O. The summed E-state index contributed by atoms with van der Waals surface area (Å²) in [6.07, 6.45) is 4.85. The number of unbranched alkanes of at least 4 members (excludes halogenated alkanes) is 1. The lowest BCUT2D eigenvalue weighted by Crippen LogP contribution is -2.22. The Labute approximate surface area is 174 Å². The maximum absolute atomic E-state index is 15.3. The molecular formula is C25H33FO3. The van der Waals surface area contributed by atoms with Crippen LogP contribution in [0.3, 0.4) is 0 Å². The zero-order valence-corrected chi connectivity index (χ0v) is 18.3. The maximum Gasteiger partial charge on any atom is 0.338 e. The van der Waals surface area contributed by atoms with Gasteiger partial charge in [-0.3, -0.25) is 0 Å². The third-order valence-corrected chi connectivity index (χ3v) is 5.74. The molecule has 0 bridgehead atoms. The van der Waals surface area contributed by atoms with E-state index in [1.165, 1.54) is 23.8 Å². The summed E-state index contributed by atoms with van der Waals surface area (Å²) in [4.78, 5) is 12.0. The van der Waals surface area contributed by atoms with Crippen LogP contribution in [-0.2, 0) is 4.74 Å². The Hall–Kier alpha value is -2.36. The largest absolute Gasteiger partial charge is 0.507 e. The molecule has 158 valence electrons. The molecular weight excluding hydrogens is 367 g/mol. The second kappa shape index (κ2) is 9.43. The first-order valence-corrected chi connectivity index (χ1v) is 10.4. The van der Waals surface area contributed by atoms with Gasteiger partial charge in [0.15, 0.2) is 0 Å². The number of allylic oxidation sites excluding steroid dienone is 4. The number of halogens is 1. The van der Waals surface area contributed by atoms with Gasteiger partial charge in [-0.15, -0.1) is 0 Å². The number of carbonyl (C=O) groups excluding carboxylic acids is 1. The van der Waals surface area contributed by atoms with E-state index in [-0.39, 0.29) is 22.3 Å². The van der Waals surface area contributed by atoms with Gasteiger partial charge in [-0.05, 0) is 79.9 Å². The lowest BCUT2D eigenvalue weighted by molar-refractivity contribution is 0.0499. The number of ether oxygens (including phenoxy) is 1. The molecule has 1 aromatic carbocycles. The van der Waals surface area contributed by atoms with Crippen molar-refractivity contribution in [2.24, 2.45) is 5.41 Å². The monoisotopic (exact) mass is 400 g/mol. The van der Waals surface area contributed by atoms with Crippen LogP contribution in [0.2, 0.25) is 0 Å². The van der Waals surface area contributed by atoms with Crippen molar-refractivity contribution in [3.05, 3.63) is 58.2 Å². The summed E-state index contributed by atoms with van der Waals surface area (Å²) in [6, 6.07) is 4.16. The van der Waals surface area contributed by atoms with Gasteiger partial charge in [0.1, 0.15) is 11.6 Å². The van der Waals surface area contributed by atoms with E-state index in [4.69, 9.17) is 4.74 Å². The molecule has 2 rings (SSSR count). The highest BCUT2D eigenvalue weighted by Crippen LogP contribution is 2.46. The van der Waals surface area contributed by atoms with Gasteiger partial charge in [0.2, 0.25) is 0 Å². The predicted molar refractivity (Wildman–Crippen MR) is 116 cm³/mol. The van der Waals surface area contributed by atoms with E-state index in [9.17, 15) is 9.90 Å². The highest BCUT2D eigenvalue weighted by Gasteiger charge is 2.31. The number of hydrogen-bond acceptors (Lipinski definition) is 3. The van der Waals surface area contributed by atoms with E-state index in [0.29, 0.717) is 17.8 Å². The molecule has 0 spiro atoms. The summed E-state index contributed by atoms with van der Waals surface area (Å²) in [7, 11) is 0. The van der Waals surface area contributed by atoms with E-state index in [2.05, 4.69) is 27.4 Å². The Bertz CT molecular complexity index is 859. The first-order chi connectivity index (χ1) is 13.6. The molecule has 1 N–H and O–H groups in total. The van der Waals surface area contributed by atoms with Crippen LogP contribution in [0.5, 0.6) is 5.75 Å². The Balaban J connectivity index is 2.32. The summed E-state index contributed by atoms with van der Waals surface area (Å²) in [6.45, 7) is 14.6. The fraction of sp³-hybridized carbons (Fsp3) is 0.480. The molecule has 0 radical (unpaired) electrons. The summed E-state index contributed by atoms with van der Waals surface area (Å²) in [5, 5.41) is 10.4. The van der Waals surface area contributed by atoms with Crippen LogP contribution in [0.1, 0.15) is 82.6 Å². The number of esters is 1. The van der Waals surface area contributed by atoms with E-state index in [1.807, 2.05) is 6.92 Å². The van der Waals surface area contributed by atoms with Crippen LogP contribution in [0.4, 0.5) is 4.39 Å². The Morgan fingerprint density at radius 1 is 1.34 bits per heavy atom. The van der Waals surface area contributed by atoms with Crippen LogP contribution in [0, 0.1) is 5.41 Å². The lowest BCUT2D eigenvalue weighted by atomic mass is 9.69. The predicted octanol–water partition coefficient (Wildman–Crippen LogP) is 7.13. The zero-order chi connectivity index (χ0) is 21.8. The molecule has 0 aromatic heterocycles. The van der Waals surface area contributed by atoms with E-state index < -0.39 is 11.8 Å². The number of rotatable bonds is 7. The summed E-state index contributed by atoms with van der Waals surface area (Å²) in [5.74, 6) is -1.33. The standard InChI is InChI=1S/C25H33FO3/c1-7-8-14-29-24(28)19-11-12-20(21(27)15-19)23(26)18(4)17(3)22-16(2)10-9-13-25(22,5)6/h11-12,15,27H,3,7-10,13-14H2,1-2,4-6H3/b23-18-. The Morgan fingerprint density at radius 3 is 2.62 bits per heavy atom. The molecule has 1 aliphatic rings. The van der Waals surface area contributed by atoms with Crippen LogP contribution in [0.15, 0.2) is 47.1 Å². The van der Waals surface area contributed by atoms with Gasteiger partial charge in [-0.1, -0.05) is 39.3 Å². The second-order valence-electron chi connectivity index (χ2n) is 8.53. The van der Waals surface area contributed by atoms with Crippen molar-refractivity contribution in [2.45, 2.75) is 66.7 Å². The topological polar surface area (TPSA) is 46.5 Å². The molecule has 29 heavy (non-hydrogen) atoms. The summed E-state index contributed by atoms with van der Waals surface area (Å²) >= 11 is 0. The Morgan fingerprint density at radius 2 is 2.03 bits per heavy atom. The van der Waals surface area contributed by atoms with Crippen LogP contribution >= 0.6 is 0 Å². The van der Waals surface area contributed by atoms with E-state index in [0.717, 1.165) is 37.7 Å². The molecule has 0 saturated carbocycles. The molecule has 0 amide bonds. The molecule has 0 aliphatic heterocycles. The first kappa shape index (κ1) is 22.9. The highest BCUT2D eigenvalue weighted by atomic mass is 19.1. The van der Waals surface area contributed by atoms with Crippen molar-refractivity contribution >= 4 is 11.8 Å². The number of aromatic hydroxyl groups is 1. The van der Waals surface area contributed by atoms with E-state index in [1.54, 1.807) is 6.92 Å². The highest BCUT2D eigenvalue weighted by molar-refractivity contribution is 5.90. The van der Waals surface area contributed by atoms with Crippen molar-refractivity contribution in [1.82, 2.24) is 0 Å². The molecule has 0 saturated heterocycles. The number of hydrogen-bond donors (Lipinski definition) is 1. The minimum Gasteiger partial charge on any atom is -0.507 e. The van der Waals surface area contributed by atoms with Gasteiger partial charge in [0.05, 0.1) is 17.7 Å². The molecule has 4 heteroatoms. The second-order valence-corrected chi connectivity index (χ2v) is 8.53. The van der Waals surface area contributed by atoms with Crippen molar-refractivity contribution in [3.63, 3.8) is 0 Å². The number of benzene rings is 1. The van der Waals surface area contributed by atoms with Gasteiger partial charge in [-0.25, -0.2) is 9.18 Å². The van der Waals surface area contributed by atoms with E-state index >= 15 is 4.39 Å². The molecule has 1 aliphatic carbocycles. The molecule has 1 aromatic rings. The van der Waals surface area contributed by atoms with Crippen molar-refractivity contribution in [1.29, 1.82) is 0 Å². The maximum atomic E-state index is 15.3. The third kappa shape index (κ3) is 5.17. The molecule has 3 nitrogen and oxygen atoms in total. The fourth-order valence-corrected chi connectivity index (χ4v) is 4.05. The van der Waals surface area contributed by atoms with Gasteiger partial charge in [0.25, 0.3) is 0 Å². The molecule has 0 atom stereocenters. The minimum atomic E-state index is -0.528. The molecule has 0 unspecified atom stereocenters. The van der Waals surface area contributed by atoms with Gasteiger partial charge in [0, 0.05) is 0 Å². The minimum absolute atomic E-state index is 0.0561.